The Kier molecular flexibility index (Phi) is 8.18. The van der Waals surface area contributed by atoms with Gasteiger partial charge in [-0.05, 0) is 18.4 Å². The molecule has 0 saturated carbocycles. The normalized spacial score (nSPS) is 10.3. The van der Waals surface area contributed by atoms with Gasteiger partial charge in [0.1, 0.15) is 12.6 Å². The molecule has 0 amide bonds. The number of rotatable bonds is 7. The number of allylic oxidation sites excluding steroid dienone is 2. The zero-order valence-electron chi connectivity index (χ0n) is 6.57. The van der Waals surface area contributed by atoms with Gasteiger partial charge in [-0.15, -0.1) is 0 Å². The minimum absolute atomic E-state index is 0.577. The van der Waals surface area contributed by atoms with E-state index < -0.39 is 0 Å². The largest absolute Gasteiger partial charge is 0.389 e. The highest BCUT2D eigenvalue weighted by Gasteiger charge is 1.78. The van der Waals surface area contributed by atoms with Crippen LogP contribution in [-0.2, 0) is 9.59 Å². The lowest BCUT2D eigenvalue weighted by Crippen LogP contribution is -2.14. The lowest BCUT2D eigenvalue weighted by molar-refractivity contribution is -0.104. The molecule has 0 aliphatic carbocycles. The summed E-state index contributed by atoms with van der Waals surface area (Å²) in [4.78, 5) is 19.5. The summed E-state index contributed by atoms with van der Waals surface area (Å²) in [6, 6.07) is 0. The number of carbonyl (C=O) groups excluding carboxylic acids is 2. The molecule has 2 N–H and O–H groups in total. The fourth-order valence-corrected chi connectivity index (χ4v) is 0.456. The van der Waals surface area contributed by atoms with Gasteiger partial charge in [-0.1, -0.05) is 0 Å². The van der Waals surface area contributed by atoms with Crippen LogP contribution in [0.5, 0.6) is 0 Å². The predicted molar refractivity (Wildman–Crippen MR) is 45.8 cm³/mol. The van der Waals surface area contributed by atoms with Crippen molar-refractivity contribution in [3.8, 4) is 0 Å². The maximum absolute atomic E-state index is 9.78. The van der Waals surface area contributed by atoms with Crippen LogP contribution in [0.15, 0.2) is 24.6 Å². The van der Waals surface area contributed by atoms with Gasteiger partial charge in [0.15, 0.2) is 0 Å². The summed E-state index contributed by atoms with van der Waals surface area (Å²) in [5.74, 6) is 0. The van der Waals surface area contributed by atoms with Gasteiger partial charge in [0.05, 0.1) is 6.54 Å². The third-order valence-corrected chi connectivity index (χ3v) is 0.901. The lowest BCUT2D eigenvalue weighted by atomic mass is 10.6. The van der Waals surface area contributed by atoms with Crippen molar-refractivity contribution >= 4 is 12.6 Å². The second-order valence-electron chi connectivity index (χ2n) is 1.77. The maximum Gasteiger partial charge on any atom is 0.144 e. The van der Waals surface area contributed by atoms with Gasteiger partial charge >= 0.3 is 0 Å². The highest BCUT2D eigenvalue weighted by atomic mass is 16.1. The summed E-state index contributed by atoms with van der Waals surface area (Å²) in [7, 11) is 0. The maximum atomic E-state index is 9.78. The third-order valence-electron chi connectivity index (χ3n) is 0.901. The van der Waals surface area contributed by atoms with E-state index in [0.717, 1.165) is 0 Å². The van der Waals surface area contributed by atoms with Gasteiger partial charge in [0.2, 0.25) is 0 Å². The average molecular weight is 167 g/mol. The van der Waals surface area contributed by atoms with Crippen molar-refractivity contribution in [3.63, 3.8) is 0 Å². The Bertz CT molecular complexity index is 156. The van der Waals surface area contributed by atoms with Crippen molar-refractivity contribution in [2.24, 2.45) is 0 Å². The Hall–Kier alpha value is -1.58. The topological polar surface area (TPSA) is 58.2 Å². The molecule has 0 aromatic heterocycles. The monoisotopic (exact) mass is 167 g/mol. The van der Waals surface area contributed by atoms with Crippen molar-refractivity contribution in [1.82, 2.24) is 10.6 Å². The highest BCUT2D eigenvalue weighted by Crippen LogP contribution is 1.68. The van der Waals surface area contributed by atoms with E-state index in [1.54, 1.807) is 6.54 Å². The fourth-order valence-electron chi connectivity index (χ4n) is 0.456. The van der Waals surface area contributed by atoms with E-state index in [9.17, 15) is 9.59 Å². The SMILES string of the molecule is O=CC=CN[CH]CNC=CC=O. The lowest BCUT2D eigenvalue weighted by Gasteiger charge is -1.98. The summed E-state index contributed by atoms with van der Waals surface area (Å²) in [6.45, 7) is 2.28. The predicted octanol–water partition coefficient (Wildman–Crippen LogP) is -0.247. The molecule has 0 unspecified atom stereocenters. The first-order valence-corrected chi connectivity index (χ1v) is 3.43. The molecule has 0 rings (SSSR count). The molecule has 0 aliphatic heterocycles. The van der Waals surface area contributed by atoms with Gasteiger partial charge in [-0.3, -0.25) is 9.59 Å². The number of hydrogen-bond donors (Lipinski definition) is 2. The highest BCUT2D eigenvalue weighted by molar-refractivity contribution is 5.64. The van der Waals surface area contributed by atoms with Gasteiger partial charge in [-0.2, -0.15) is 0 Å². The van der Waals surface area contributed by atoms with Crippen molar-refractivity contribution < 1.29 is 9.59 Å². The summed E-state index contributed by atoms with van der Waals surface area (Å²) >= 11 is 0. The Morgan fingerprint density at radius 3 is 2.33 bits per heavy atom. The van der Waals surface area contributed by atoms with Gasteiger partial charge in [0, 0.05) is 12.7 Å². The van der Waals surface area contributed by atoms with Gasteiger partial charge in [-0.25, -0.2) is 0 Å². The fraction of sp³-hybridized carbons (Fsp3) is 0.125. The first-order chi connectivity index (χ1) is 5.91. The molecule has 0 fully saturated rings. The van der Waals surface area contributed by atoms with Gasteiger partial charge in [0.25, 0.3) is 0 Å². The van der Waals surface area contributed by atoms with Crippen LogP contribution in [0, 0.1) is 6.54 Å². The smallest absolute Gasteiger partial charge is 0.144 e. The first kappa shape index (κ1) is 10.4. The molecule has 0 aromatic carbocycles. The molecular weight excluding hydrogens is 156 g/mol. The quantitative estimate of drug-likeness (QED) is 0.312. The molecule has 1 radical (unpaired) electrons. The molecule has 0 saturated heterocycles. The van der Waals surface area contributed by atoms with E-state index in [1.807, 2.05) is 0 Å². The van der Waals surface area contributed by atoms with Crippen LogP contribution >= 0.6 is 0 Å². The van der Waals surface area contributed by atoms with E-state index in [-0.39, 0.29) is 0 Å². The summed E-state index contributed by atoms with van der Waals surface area (Å²) < 4.78 is 0. The van der Waals surface area contributed by atoms with Crippen molar-refractivity contribution in [1.29, 1.82) is 0 Å². The van der Waals surface area contributed by atoms with Crippen LogP contribution in [0.2, 0.25) is 0 Å². The Balaban J connectivity index is 3.10. The number of carbonyl (C=O) groups is 2. The molecule has 4 heteroatoms. The molecule has 65 valence electrons. The zero-order chi connectivity index (χ0) is 9.07. The standard InChI is InChI=1S/C8H11N2O2/c11-7-1-3-9-5-6-10-4-2-8-12/h1-5,7-10H,6H2. The summed E-state index contributed by atoms with van der Waals surface area (Å²) in [5, 5.41) is 5.55. The van der Waals surface area contributed by atoms with Crippen LogP contribution < -0.4 is 10.6 Å². The van der Waals surface area contributed by atoms with Crippen molar-refractivity contribution in [3.05, 3.63) is 31.1 Å². The Morgan fingerprint density at radius 2 is 1.67 bits per heavy atom. The summed E-state index contributed by atoms with van der Waals surface area (Å²) in [5.41, 5.74) is 0. The minimum Gasteiger partial charge on any atom is -0.389 e. The molecule has 0 spiro atoms. The molecule has 0 aliphatic rings. The molecule has 4 nitrogen and oxygen atoms in total. The second-order valence-corrected chi connectivity index (χ2v) is 1.77. The number of aldehydes is 2. The molecular formula is C8H11N2O2. The van der Waals surface area contributed by atoms with Crippen molar-refractivity contribution in [2.75, 3.05) is 6.54 Å². The third kappa shape index (κ3) is 8.42. The average Bonchev–Trinajstić information content (AvgIpc) is 2.10. The Morgan fingerprint density at radius 1 is 1.00 bits per heavy atom. The van der Waals surface area contributed by atoms with Gasteiger partial charge < -0.3 is 10.6 Å². The molecule has 0 heterocycles. The van der Waals surface area contributed by atoms with Crippen LogP contribution in [0.25, 0.3) is 0 Å². The van der Waals surface area contributed by atoms with E-state index >= 15 is 0 Å². The number of hydrogen-bond acceptors (Lipinski definition) is 4. The molecule has 0 aromatic rings. The van der Waals surface area contributed by atoms with Crippen LogP contribution in [0.3, 0.4) is 0 Å². The second kappa shape index (κ2) is 9.42. The molecule has 0 bridgehead atoms. The van der Waals surface area contributed by atoms with Crippen LogP contribution in [-0.4, -0.2) is 19.1 Å². The van der Waals surface area contributed by atoms with E-state index in [1.165, 1.54) is 24.6 Å². The first-order valence-electron chi connectivity index (χ1n) is 3.43. The van der Waals surface area contributed by atoms with E-state index in [2.05, 4.69) is 10.6 Å². The minimum atomic E-state index is 0.577. The van der Waals surface area contributed by atoms with Crippen molar-refractivity contribution in [2.45, 2.75) is 0 Å². The van der Waals surface area contributed by atoms with E-state index in [0.29, 0.717) is 19.1 Å². The zero-order valence-corrected chi connectivity index (χ0v) is 6.57. The Labute approximate surface area is 71.3 Å². The van der Waals surface area contributed by atoms with Crippen LogP contribution in [0.4, 0.5) is 0 Å². The summed E-state index contributed by atoms with van der Waals surface area (Å²) in [6.07, 6.45) is 7.12. The van der Waals surface area contributed by atoms with E-state index in [4.69, 9.17) is 0 Å². The molecule has 12 heavy (non-hydrogen) atoms. The van der Waals surface area contributed by atoms with Crippen LogP contribution in [0.1, 0.15) is 0 Å². The molecule has 0 atom stereocenters. The number of nitrogens with one attached hydrogen (secondary N) is 2.